The van der Waals surface area contributed by atoms with Gasteiger partial charge >= 0.3 is 6.03 Å². The van der Waals surface area contributed by atoms with E-state index in [0.29, 0.717) is 32.1 Å². The van der Waals surface area contributed by atoms with Crippen molar-refractivity contribution in [2.24, 2.45) is 10.8 Å². The number of benzene rings is 2. The van der Waals surface area contributed by atoms with Crippen LogP contribution in [0.15, 0.2) is 53.6 Å². The average molecular weight is 505 g/mol. The number of nitrogens with two attached hydrogens (primary N) is 1. The number of carbonyl (C=O) groups is 4. The minimum absolute atomic E-state index is 0.196. The fourth-order valence-corrected chi connectivity index (χ4v) is 4.86. The van der Waals surface area contributed by atoms with Crippen molar-refractivity contribution in [2.45, 2.75) is 63.6 Å². The van der Waals surface area contributed by atoms with E-state index < -0.39 is 24.2 Å². The Morgan fingerprint density at radius 3 is 2.62 bits per heavy atom. The van der Waals surface area contributed by atoms with E-state index in [1.54, 1.807) is 4.90 Å². The van der Waals surface area contributed by atoms with Gasteiger partial charge in [0.15, 0.2) is 0 Å². The lowest BCUT2D eigenvalue weighted by Gasteiger charge is -2.28. The van der Waals surface area contributed by atoms with Crippen molar-refractivity contribution in [1.82, 2.24) is 16.1 Å². The summed E-state index contributed by atoms with van der Waals surface area (Å²) in [5.41, 5.74) is 10.9. The molecule has 10 heteroatoms. The molecule has 0 saturated heterocycles. The summed E-state index contributed by atoms with van der Waals surface area (Å²) in [5, 5.41) is 9.56. The highest BCUT2D eigenvalue weighted by Gasteiger charge is 2.44. The van der Waals surface area contributed by atoms with E-state index in [0.717, 1.165) is 22.4 Å². The van der Waals surface area contributed by atoms with E-state index in [-0.39, 0.29) is 24.1 Å². The Balaban J connectivity index is 1.48. The molecule has 2 aromatic rings. The lowest BCUT2D eigenvalue weighted by molar-refractivity contribution is -0.129. The Labute approximate surface area is 215 Å². The minimum atomic E-state index is -0.803. The number of aryl methyl sites for hydroxylation is 2. The Bertz CT molecular complexity index is 1200. The maximum absolute atomic E-state index is 13.7. The smallest absolute Gasteiger partial charge is 0.332 e. The first-order valence-corrected chi connectivity index (χ1v) is 12.5. The van der Waals surface area contributed by atoms with Crippen LogP contribution in [0.25, 0.3) is 0 Å². The van der Waals surface area contributed by atoms with Gasteiger partial charge in [0.05, 0.1) is 11.7 Å². The minimum Gasteiger partial charge on any atom is -0.350 e. The summed E-state index contributed by atoms with van der Waals surface area (Å²) in [4.78, 5) is 52.3. The molecule has 5 N–H and O–H groups in total. The SMILES string of the molecule is CC[C@@H](/C=N/NC(N)=O)NC(=O)[C@@H]1Cc2cccc3c2N1C(=O)[C@@H](NC(=O)CCc1ccccc1)CC3. The van der Waals surface area contributed by atoms with Gasteiger partial charge in [0.25, 0.3) is 0 Å². The number of anilines is 1. The molecule has 37 heavy (non-hydrogen) atoms. The first-order valence-electron chi connectivity index (χ1n) is 12.5. The first kappa shape index (κ1) is 25.9. The fraction of sp³-hybridized carbons (Fsp3) is 0.370. The third-order valence-electron chi connectivity index (χ3n) is 6.72. The molecule has 0 bridgehead atoms. The standard InChI is InChI=1S/C27H32N6O4/c1-2-20(16-29-32-27(28)37)30-25(35)22-15-19-10-6-9-18-12-13-21(26(36)33(22)24(18)19)31-23(34)14-11-17-7-4-3-5-8-17/h3-10,16,20-22H,2,11-15H2,1H3,(H,30,35)(H,31,34)(H3,28,32,37)/b29-16+/t20-,21-,22-/m0/s1. The number of hydrogen-bond acceptors (Lipinski definition) is 5. The molecule has 2 aliphatic heterocycles. The average Bonchev–Trinajstić information content (AvgIpc) is 3.23. The third-order valence-corrected chi connectivity index (χ3v) is 6.72. The van der Waals surface area contributed by atoms with Gasteiger partial charge in [-0.2, -0.15) is 5.10 Å². The predicted molar refractivity (Wildman–Crippen MR) is 140 cm³/mol. The molecule has 0 radical (unpaired) electrons. The zero-order valence-corrected chi connectivity index (χ0v) is 20.8. The summed E-state index contributed by atoms with van der Waals surface area (Å²) < 4.78 is 0. The van der Waals surface area contributed by atoms with Crippen LogP contribution in [0.4, 0.5) is 10.5 Å². The van der Waals surface area contributed by atoms with E-state index >= 15 is 0 Å². The number of nitrogens with one attached hydrogen (secondary N) is 3. The molecule has 0 aromatic heterocycles. The summed E-state index contributed by atoms with van der Waals surface area (Å²) in [7, 11) is 0. The van der Waals surface area contributed by atoms with Crippen LogP contribution in [0.1, 0.15) is 42.9 Å². The summed E-state index contributed by atoms with van der Waals surface area (Å²) in [6.07, 6.45) is 4.23. The van der Waals surface area contributed by atoms with E-state index in [2.05, 4.69) is 21.2 Å². The Morgan fingerprint density at radius 2 is 1.89 bits per heavy atom. The Hall–Kier alpha value is -4.21. The molecule has 10 nitrogen and oxygen atoms in total. The maximum Gasteiger partial charge on any atom is 0.332 e. The monoisotopic (exact) mass is 504 g/mol. The van der Waals surface area contributed by atoms with Crippen LogP contribution in [0.5, 0.6) is 0 Å². The zero-order chi connectivity index (χ0) is 26.4. The van der Waals surface area contributed by atoms with E-state index in [1.165, 1.54) is 6.21 Å². The number of rotatable bonds is 9. The van der Waals surface area contributed by atoms with Crippen molar-refractivity contribution in [3.8, 4) is 0 Å². The van der Waals surface area contributed by atoms with Crippen molar-refractivity contribution in [3.63, 3.8) is 0 Å². The number of primary amides is 1. The topological polar surface area (TPSA) is 146 Å². The third kappa shape index (κ3) is 6.14. The highest BCUT2D eigenvalue weighted by Crippen LogP contribution is 2.39. The number of hydrogen-bond donors (Lipinski definition) is 4. The van der Waals surface area contributed by atoms with E-state index in [9.17, 15) is 19.2 Å². The van der Waals surface area contributed by atoms with Gasteiger partial charge in [-0.3, -0.25) is 19.3 Å². The van der Waals surface area contributed by atoms with Crippen molar-refractivity contribution >= 4 is 35.7 Å². The van der Waals surface area contributed by atoms with Crippen molar-refractivity contribution in [1.29, 1.82) is 0 Å². The summed E-state index contributed by atoms with van der Waals surface area (Å²) in [6, 6.07) is 12.8. The molecule has 2 aromatic carbocycles. The molecular weight excluding hydrogens is 472 g/mol. The molecule has 0 saturated carbocycles. The maximum atomic E-state index is 13.7. The number of amides is 5. The highest BCUT2D eigenvalue weighted by atomic mass is 16.2. The van der Waals surface area contributed by atoms with E-state index in [1.807, 2.05) is 55.5 Å². The molecular formula is C27H32N6O4. The fourth-order valence-electron chi connectivity index (χ4n) is 4.86. The second-order valence-corrected chi connectivity index (χ2v) is 9.27. The number of urea groups is 1. The molecule has 3 atom stereocenters. The van der Waals surface area contributed by atoms with Crippen LogP contribution in [-0.4, -0.2) is 48.1 Å². The van der Waals surface area contributed by atoms with E-state index in [4.69, 9.17) is 5.73 Å². The van der Waals surface area contributed by atoms with Gasteiger partial charge in [0, 0.05) is 19.1 Å². The van der Waals surface area contributed by atoms with Crippen LogP contribution >= 0.6 is 0 Å². The van der Waals surface area contributed by atoms with Crippen LogP contribution in [0, 0.1) is 0 Å². The van der Waals surface area contributed by atoms with Gasteiger partial charge in [0.2, 0.25) is 17.7 Å². The second kappa shape index (κ2) is 11.7. The van der Waals surface area contributed by atoms with Crippen molar-refractivity contribution in [3.05, 3.63) is 65.2 Å². The summed E-state index contributed by atoms with van der Waals surface area (Å²) in [5.74, 6) is -0.809. The van der Waals surface area contributed by atoms with Crippen LogP contribution < -0.4 is 26.7 Å². The molecule has 2 heterocycles. The summed E-state index contributed by atoms with van der Waals surface area (Å²) in [6.45, 7) is 1.86. The lowest BCUT2D eigenvalue weighted by atomic mass is 10.0. The number of nitrogens with zero attached hydrogens (tertiary/aromatic N) is 2. The lowest BCUT2D eigenvalue weighted by Crippen LogP contribution is -2.55. The predicted octanol–water partition coefficient (Wildman–Crippen LogP) is 1.56. The van der Waals surface area contributed by atoms with Crippen LogP contribution in [-0.2, 0) is 33.6 Å². The van der Waals surface area contributed by atoms with Gasteiger partial charge < -0.3 is 16.4 Å². The van der Waals surface area contributed by atoms with Gasteiger partial charge in [-0.1, -0.05) is 55.5 Å². The van der Waals surface area contributed by atoms with Gasteiger partial charge in [-0.25, -0.2) is 10.2 Å². The van der Waals surface area contributed by atoms with Crippen molar-refractivity contribution < 1.29 is 19.2 Å². The van der Waals surface area contributed by atoms with Crippen LogP contribution in [0.3, 0.4) is 0 Å². The first-order chi connectivity index (χ1) is 17.9. The molecule has 0 aliphatic carbocycles. The Morgan fingerprint density at radius 1 is 1.14 bits per heavy atom. The molecule has 4 rings (SSSR count). The summed E-state index contributed by atoms with van der Waals surface area (Å²) >= 11 is 0. The number of hydrazone groups is 1. The normalized spacial score (nSPS) is 19.2. The molecule has 194 valence electrons. The number of carbonyl (C=O) groups excluding carboxylic acids is 4. The van der Waals surface area contributed by atoms with Gasteiger partial charge in [-0.05, 0) is 42.4 Å². The largest absolute Gasteiger partial charge is 0.350 e. The quantitative estimate of drug-likeness (QED) is 0.303. The number of para-hydroxylation sites is 1. The van der Waals surface area contributed by atoms with Crippen molar-refractivity contribution in [2.75, 3.05) is 4.90 Å². The van der Waals surface area contributed by atoms with Gasteiger partial charge in [0.1, 0.15) is 12.1 Å². The van der Waals surface area contributed by atoms with Gasteiger partial charge in [-0.15, -0.1) is 0 Å². The molecule has 2 aliphatic rings. The Kier molecular flexibility index (Phi) is 8.17. The molecule has 0 unspecified atom stereocenters. The molecule has 5 amide bonds. The second-order valence-electron chi connectivity index (χ2n) is 9.27. The van der Waals surface area contributed by atoms with Crippen LogP contribution in [0.2, 0.25) is 0 Å². The molecule has 0 fully saturated rings. The zero-order valence-electron chi connectivity index (χ0n) is 20.8. The highest BCUT2D eigenvalue weighted by molar-refractivity contribution is 6.08. The molecule has 0 spiro atoms.